The molecule has 0 bridgehead atoms. The molecule has 23 heavy (non-hydrogen) atoms. The fourth-order valence-electron chi connectivity index (χ4n) is 3.06. The molecule has 1 unspecified atom stereocenters. The van der Waals surface area contributed by atoms with E-state index in [0.29, 0.717) is 10.0 Å². The Morgan fingerprint density at radius 1 is 1.09 bits per heavy atom. The van der Waals surface area contributed by atoms with Gasteiger partial charge in [0.05, 0.1) is 13.2 Å². The van der Waals surface area contributed by atoms with E-state index in [1.54, 1.807) is 7.11 Å². The van der Waals surface area contributed by atoms with Gasteiger partial charge in [0.2, 0.25) is 0 Å². The van der Waals surface area contributed by atoms with Crippen LogP contribution in [-0.2, 0) is 0 Å². The van der Waals surface area contributed by atoms with Gasteiger partial charge >= 0.3 is 0 Å². The molecule has 0 saturated carbocycles. The van der Waals surface area contributed by atoms with Crippen LogP contribution in [0.5, 0.6) is 5.75 Å². The summed E-state index contributed by atoms with van der Waals surface area (Å²) < 4.78 is 5.39. The first-order chi connectivity index (χ1) is 11.2. The molecule has 1 aliphatic heterocycles. The topological polar surface area (TPSA) is 24.5 Å². The van der Waals surface area contributed by atoms with Gasteiger partial charge in [0, 0.05) is 36.2 Å². The molecule has 1 heterocycles. The Labute approximate surface area is 147 Å². The molecule has 0 aliphatic carbocycles. The second-order valence-corrected chi connectivity index (χ2v) is 6.47. The molecule has 2 aromatic rings. The zero-order valence-corrected chi connectivity index (χ0v) is 14.6. The second kappa shape index (κ2) is 7.54. The van der Waals surface area contributed by atoms with Crippen LogP contribution in [0.15, 0.2) is 42.5 Å². The quantitative estimate of drug-likeness (QED) is 0.901. The maximum atomic E-state index is 6.51. The largest absolute Gasteiger partial charge is 0.497 e. The second-order valence-electron chi connectivity index (χ2n) is 5.63. The fourth-order valence-corrected chi connectivity index (χ4v) is 3.57. The van der Waals surface area contributed by atoms with Gasteiger partial charge in [-0.05, 0) is 35.4 Å². The third-order valence-electron chi connectivity index (χ3n) is 4.18. The van der Waals surface area contributed by atoms with E-state index in [9.17, 15) is 0 Å². The monoisotopic (exact) mass is 350 g/mol. The molecule has 1 saturated heterocycles. The van der Waals surface area contributed by atoms with Crippen molar-refractivity contribution in [2.75, 3.05) is 33.3 Å². The van der Waals surface area contributed by atoms with Crippen molar-refractivity contribution in [3.63, 3.8) is 0 Å². The molecule has 0 spiro atoms. The number of piperazine rings is 1. The molecular formula is C18H20Cl2N2O. The third kappa shape index (κ3) is 3.81. The van der Waals surface area contributed by atoms with E-state index in [2.05, 4.69) is 22.3 Å². The lowest BCUT2D eigenvalue weighted by molar-refractivity contribution is 0.198. The minimum absolute atomic E-state index is 0.0944. The maximum absolute atomic E-state index is 6.51. The molecule has 0 aromatic heterocycles. The molecule has 1 atom stereocenters. The van der Waals surface area contributed by atoms with Crippen molar-refractivity contribution in [1.29, 1.82) is 0 Å². The number of hydrogen-bond donors (Lipinski definition) is 1. The van der Waals surface area contributed by atoms with Crippen molar-refractivity contribution >= 4 is 23.2 Å². The van der Waals surface area contributed by atoms with Gasteiger partial charge in [0.15, 0.2) is 0 Å². The molecule has 3 nitrogen and oxygen atoms in total. The first-order valence-corrected chi connectivity index (χ1v) is 8.48. The van der Waals surface area contributed by atoms with Gasteiger partial charge in [-0.3, -0.25) is 4.90 Å². The summed E-state index contributed by atoms with van der Waals surface area (Å²) in [4.78, 5) is 2.44. The first-order valence-electron chi connectivity index (χ1n) is 7.72. The molecule has 1 N–H and O–H groups in total. The van der Waals surface area contributed by atoms with Gasteiger partial charge in [-0.2, -0.15) is 0 Å². The predicted octanol–water partition coefficient (Wildman–Crippen LogP) is 4.00. The van der Waals surface area contributed by atoms with Crippen LogP contribution in [-0.4, -0.2) is 38.2 Å². The zero-order valence-electron chi connectivity index (χ0n) is 13.1. The van der Waals surface area contributed by atoms with Crippen LogP contribution >= 0.6 is 23.2 Å². The molecule has 0 amide bonds. The molecule has 5 heteroatoms. The number of nitrogens with one attached hydrogen (secondary N) is 1. The lowest BCUT2D eigenvalue weighted by atomic mass is 9.96. The lowest BCUT2D eigenvalue weighted by Gasteiger charge is -2.36. The normalized spacial score (nSPS) is 17.0. The van der Waals surface area contributed by atoms with Crippen LogP contribution in [0.25, 0.3) is 0 Å². The third-order valence-corrected chi connectivity index (χ3v) is 4.75. The van der Waals surface area contributed by atoms with Crippen LogP contribution in [0.3, 0.4) is 0 Å². The highest BCUT2D eigenvalue weighted by molar-refractivity contribution is 6.35. The zero-order chi connectivity index (χ0) is 16.2. The molecule has 2 aromatic carbocycles. The highest BCUT2D eigenvalue weighted by Gasteiger charge is 2.26. The summed E-state index contributed by atoms with van der Waals surface area (Å²) in [6.07, 6.45) is 0. The molecular weight excluding hydrogens is 331 g/mol. The highest BCUT2D eigenvalue weighted by Crippen LogP contribution is 2.36. The van der Waals surface area contributed by atoms with Crippen LogP contribution in [0.2, 0.25) is 10.0 Å². The summed E-state index contributed by atoms with van der Waals surface area (Å²) in [6, 6.07) is 14.0. The minimum Gasteiger partial charge on any atom is -0.497 e. The summed E-state index contributed by atoms with van der Waals surface area (Å²) in [5.74, 6) is 0.854. The highest BCUT2D eigenvalue weighted by atomic mass is 35.5. The summed E-state index contributed by atoms with van der Waals surface area (Å²) in [7, 11) is 1.69. The standard InChI is InChI=1S/C18H20Cl2N2O/c1-23-15-4-2-3-13(11-15)18(22-9-7-21-8-10-22)16-6-5-14(19)12-17(16)20/h2-6,11-12,18,21H,7-10H2,1H3. The Hall–Kier alpha value is -1.26. The van der Waals surface area contributed by atoms with Gasteiger partial charge in [0.1, 0.15) is 5.75 Å². The van der Waals surface area contributed by atoms with Crippen molar-refractivity contribution in [3.8, 4) is 5.75 Å². The van der Waals surface area contributed by atoms with E-state index < -0.39 is 0 Å². The Kier molecular flexibility index (Phi) is 5.44. The average Bonchev–Trinajstić information content (AvgIpc) is 2.58. The van der Waals surface area contributed by atoms with Gasteiger partial charge < -0.3 is 10.1 Å². The van der Waals surface area contributed by atoms with E-state index >= 15 is 0 Å². The Morgan fingerprint density at radius 3 is 2.57 bits per heavy atom. The number of rotatable bonds is 4. The van der Waals surface area contributed by atoms with Gasteiger partial charge in [-0.1, -0.05) is 41.4 Å². The Morgan fingerprint density at radius 2 is 1.87 bits per heavy atom. The Balaban J connectivity index is 2.05. The lowest BCUT2D eigenvalue weighted by Crippen LogP contribution is -2.45. The number of methoxy groups -OCH3 is 1. The summed E-state index contributed by atoms with van der Waals surface area (Å²) in [5.41, 5.74) is 2.25. The van der Waals surface area contributed by atoms with E-state index in [1.165, 1.54) is 5.56 Å². The number of nitrogens with zero attached hydrogens (tertiary/aromatic N) is 1. The van der Waals surface area contributed by atoms with E-state index in [0.717, 1.165) is 37.5 Å². The van der Waals surface area contributed by atoms with E-state index in [-0.39, 0.29) is 6.04 Å². The smallest absolute Gasteiger partial charge is 0.119 e. The Bertz CT molecular complexity index is 672. The van der Waals surface area contributed by atoms with Crippen molar-refractivity contribution in [1.82, 2.24) is 10.2 Å². The summed E-state index contributed by atoms with van der Waals surface area (Å²) in [6.45, 7) is 3.90. The number of halogens is 2. The van der Waals surface area contributed by atoms with Crippen LogP contribution in [0, 0.1) is 0 Å². The van der Waals surface area contributed by atoms with Crippen LogP contribution in [0.1, 0.15) is 17.2 Å². The summed E-state index contributed by atoms with van der Waals surface area (Å²) >= 11 is 12.6. The van der Waals surface area contributed by atoms with Crippen molar-refractivity contribution in [2.24, 2.45) is 0 Å². The van der Waals surface area contributed by atoms with Gasteiger partial charge in [-0.15, -0.1) is 0 Å². The van der Waals surface area contributed by atoms with E-state index in [1.807, 2.05) is 30.3 Å². The van der Waals surface area contributed by atoms with Crippen molar-refractivity contribution in [2.45, 2.75) is 6.04 Å². The van der Waals surface area contributed by atoms with Crippen molar-refractivity contribution in [3.05, 3.63) is 63.6 Å². The number of benzene rings is 2. The van der Waals surface area contributed by atoms with Crippen LogP contribution < -0.4 is 10.1 Å². The number of hydrogen-bond acceptors (Lipinski definition) is 3. The fraction of sp³-hybridized carbons (Fsp3) is 0.333. The molecule has 0 radical (unpaired) electrons. The number of ether oxygens (including phenoxy) is 1. The first kappa shape index (κ1) is 16.6. The van der Waals surface area contributed by atoms with Crippen LogP contribution in [0.4, 0.5) is 0 Å². The molecule has 1 fully saturated rings. The predicted molar refractivity (Wildman–Crippen MR) is 95.7 cm³/mol. The summed E-state index contributed by atoms with van der Waals surface area (Å²) in [5, 5.41) is 4.75. The van der Waals surface area contributed by atoms with Crippen molar-refractivity contribution < 1.29 is 4.74 Å². The SMILES string of the molecule is COc1cccc(C(c2ccc(Cl)cc2Cl)N2CCNCC2)c1. The molecule has 3 rings (SSSR count). The average molecular weight is 351 g/mol. The molecule has 1 aliphatic rings. The maximum Gasteiger partial charge on any atom is 0.119 e. The van der Waals surface area contributed by atoms with Gasteiger partial charge in [-0.25, -0.2) is 0 Å². The molecule has 122 valence electrons. The minimum atomic E-state index is 0.0944. The van der Waals surface area contributed by atoms with E-state index in [4.69, 9.17) is 27.9 Å². The van der Waals surface area contributed by atoms with Gasteiger partial charge in [0.25, 0.3) is 0 Å².